The number of rotatable bonds is 0. The lowest BCUT2D eigenvalue weighted by Crippen LogP contribution is -2.17. The van der Waals surface area contributed by atoms with E-state index >= 15 is 0 Å². The minimum Gasteiger partial charge on any atom is -0.294 e. The summed E-state index contributed by atoms with van der Waals surface area (Å²) in [5, 5.41) is 0. The van der Waals surface area contributed by atoms with Crippen molar-refractivity contribution >= 4 is 17.4 Å². The van der Waals surface area contributed by atoms with Crippen molar-refractivity contribution in [2.45, 2.75) is 12.8 Å². The maximum absolute atomic E-state index is 10.9. The predicted molar refractivity (Wildman–Crippen MR) is 43.9 cm³/mol. The third kappa shape index (κ3) is 1.13. The Bertz CT molecular complexity index is 348. The fraction of sp³-hybridized carbons (Fsp3) is 0.222. The fourth-order valence-corrected chi connectivity index (χ4v) is 1.29. The maximum atomic E-state index is 10.9. The number of aliphatic imine (C=N–C) groups is 1. The molecule has 1 aliphatic heterocycles. The van der Waals surface area contributed by atoms with E-state index in [9.17, 15) is 9.59 Å². The van der Waals surface area contributed by atoms with Crippen molar-refractivity contribution in [3.05, 3.63) is 23.8 Å². The number of nitrogens with zero attached hydrogens (tertiary/aromatic N) is 1. The number of hydrogen-bond donors (Lipinski definition) is 0. The van der Waals surface area contributed by atoms with Crippen LogP contribution in [0.25, 0.3) is 0 Å². The molecule has 0 bridgehead atoms. The van der Waals surface area contributed by atoms with E-state index in [4.69, 9.17) is 0 Å². The molecular weight excluding hydrogens is 154 g/mol. The van der Waals surface area contributed by atoms with Crippen LogP contribution < -0.4 is 0 Å². The van der Waals surface area contributed by atoms with Crippen LogP contribution in [0.1, 0.15) is 12.8 Å². The number of amides is 1. The van der Waals surface area contributed by atoms with Gasteiger partial charge < -0.3 is 0 Å². The minimum absolute atomic E-state index is 0.0144. The molecule has 0 aromatic carbocycles. The van der Waals surface area contributed by atoms with Gasteiger partial charge in [-0.25, -0.2) is 4.99 Å². The van der Waals surface area contributed by atoms with Crippen molar-refractivity contribution < 1.29 is 9.59 Å². The second-order valence-corrected chi connectivity index (χ2v) is 2.79. The van der Waals surface area contributed by atoms with Crippen molar-refractivity contribution in [3.8, 4) is 0 Å². The number of carbonyl (C=O) groups is 2. The van der Waals surface area contributed by atoms with Gasteiger partial charge in [0.2, 0.25) is 5.91 Å². The molecule has 0 atom stereocenters. The molecule has 0 aromatic rings. The van der Waals surface area contributed by atoms with Gasteiger partial charge in [0.15, 0.2) is 5.78 Å². The van der Waals surface area contributed by atoms with E-state index in [2.05, 4.69) is 4.99 Å². The summed E-state index contributed by atoms with van der Waals surface area (Å²) in [5.74, 6) is -0.141. The Morgan fingerprint density at radius 1 is 1.25 bits per heavy atom. The van der Waals surface area contributed by atoms with Crippen LogP contribution in [-0.2, 0) is 9.59 Å². The Morgan fingerprint density at radius 2 is 2.08 bits per heavy atom. The Balaban J connectivity index is 2.41. The molecule has 0 radical (unpaired) electrons. The monoisotopic (exact) mass is 161 g/mol. The SMILES string of the molecule is O=C1C=CC2=CCC(=O)N=C2C1. The zero-order chi connectivity index (χ0) is 8.55. The summed E-state index contributed by atoms with van der Waals surface area (Å²) >= 11 is 0. The molecule has 0 N–H and O–H groups in total. The maximum Gasteiger partial charge on any atom is 0.249 e. The summed E-state index contributed by atoms with van der Waals surface area (Å²) in [5.41, 5.74) is 1.55. The third-order valence-electron chi connectivity index (χ3n) is 1.88. The molecule has 12 heavy (non-hydrogen) atoms. The quantitative estimate of drug-likeness (QED) is 0.527. The first-order valence-electron chi connectivity index (χ1n) is 3.77. The molecule has 0 unspecified atom stereocenters. The van der Waals surface area contributed by atoms with Gasteiger partial charge in [-0.15, -0.1) is 0 Å². The van der Waals surface area contributed by atoms with Gasteiger partial charge in [-0.2, -0.15) is 0 Å². The van der Waals surface area contributed by atoms with Gasteiger partial charge in [0.05, 0.1) is 12.1 Å². The Labute approximate surface area is 69.5 Å². The summed E-state index contributed by atoms with van der Waals surface area (Å²) in [4.78, 5) is 25.6. The number of ketones is 1. The largest absolute Gasteiger partial charge is 0.294 e. The molecule has 0 saturated heterocycles. The number of carbonyl (C=O) groups excluding carboxylic acids is 2. The lowest BCUT2D eigenvalue weighted by Gasteiger charge is -2.13. The summed E-state index contributed by atoms with van der Waals surface area (Å²) in [6.07, 6.45) is 5.69. The molecule has 2 rings (SSSR count). The van der Waals surface area contributed by atoms with Gasteiger partial charge in [0.25, 0.3) is 0 Å². The van der Waals surface area contributed by atoms with Gasteiger partial charge in [-0.3, -0.25) is 9.59 Å². The second-order valence-electron chi connectivity index (χ2n) is 2.79. The highest BCUT2D eigenvalue weighted by Crippen LogP contribution is 2.16. The standard InChI is InChI=1S/C9H7NO2/c11-7-3-1-6-2-4-9(12)10-8(6)5-7/h1-3H,4-5H2. The van der Waals surface area contributed by atoms with Gasteiger partial charge in [0.1, 0.15) is 0 Å². The predicted octanol–water partition coefficient (Wildman–Crippen LogP) is 0.813. The van der Waals surface area contributed by atoms with Crippen molar-refractivity contribution in [1.82, 2.24) is 0 Å². The third-order valence-corrected chi connectivity index (χ3v) is 1.88. The highest BCUT2D eigenvalue weighted by Gasteiger charge is 2.18. The van der Waals surface area contributed by atoms with Crippen LogP contribution in [0.15, 0.2) is 28.8 Å². The highest BCUT2D eigenvalue weighted by atomic mass is 16.1. The fourth-order valence-electron chi connectivity index (χ4n) is 1.29. The minimum atomic E-state index is -0.156. The van der Waals surface area contributed by atoms with Crippen LogP contribution >= 0.6 is 0 Å². The van der Waals surface area contributed by atoms with E-state index in [0.29, 0.717) is 12.1 Å². The summed E-state index contributed by atoms with van der Waals surface area (Å²) in [7, 11) is 0. The molecule has 0 spiro atoms. The molecule has 0 saturated carbocycles. The first-order valence-corrected chi connectivity index (χ1v) is 3.77. The number of fused-ring (bicyclic) bond motifs is 1. The molecule has 3 nitrogen and oxygen atoms in total. The molecule has 0 aromatic heterocycles. The highest BCUT2D eigenvalue weighted by molar-refractivity contribution is 6.21. The lowest BCUT2D eigenvalue weighted by molar-refractivity contribution is -0.117. The van der Waals surface area contributed by atoms with Crippen molar-refractivity contribution in [2.75, 3.05) is 0 Å². The second kappa shape index (κ2) is 2.52. The Kier molecular flexibility index (Phi) is 1.50. The molecule has 1 heterocycles. The number of dihydropyridines is 1. The van der Waals surface area contributed by atoms with Crippen LogP contribution in [-0.4, -0.2) is 17.4 Å². The molecule has 1 aliphatic carbocycles. The molecule has 1 amide bonds. The Hall–Kier alpha value is -1.51. The zero-order valence-corrected chi connectivity index (χ0v) is 6.41. The van der Waals surface area contributed by atoms with Crippen LogP contribution in [0.4, 0.5) is 0 Å². The van der Waals surface area contributed by atoms with E-state index in [-0.39, 0.29) is 18.1 Å². The number of allylic oxidation sites excluding steroid dienone is 3. The molecule has 3 heteroatoms. The van der Waals surface area contributed by atoms with Crippen LogP contribution in [0, 0.1) is 0 Å². The van der Waals surface area contributed by atoms with Gasteiger partial charge in [-0.05, 0) is 17.7 Å². The van der Waals surface area contributed by atoms with Gasteiger partial charge in [-0.1, -0.05) is 6.08 Å². The van der Waals surface area contributed by atoms with Crippen LogP contribution in [0.5, 0.6) is 0 Å². The average molecular weight is 161 g/mol. The summed E-state index contributed by atoms with van der Waals surface area (Å²) in [6.45, 7) is 0. The number of hydrogen-bond acceptors (Lipinski definition) is 2. The summed E-state index contributed by atoms with van der Waals surface area (Å²) in [6, 6.07) is 0. The van der Waals surface area contributed by atoms with E-state index in [0.717, 1.165) is 5.57 Å². The topological polar surface area (TPSA) is 46.5 Å². The van der Waals surface area contributed by atoms with Crippen molar-refractivity contribution in [1.29, 1.82) is 0 Å². The van der Waals surface area contributed by atoms with Gasteiger partial charge >= 0.3 is 0 Å². The van der Waals surface area contributed by atoms with Gasteiger partial charge in [0, 0.05) is 6.42 Å². The smallest absolute Gasteiger partial charge is 0.249 e. The lowest BCUT2D eigenvalue weighted by atomic mass is 9.96. The zero-order valence-electron chi connectivity index (χ0n) is 6.41. The first-order chi connectivity index (χ1) is 5.75. The van der Waals surface area contributed by atoms with E-state index < -0.39 is 0 Å². The average Bonchev–Trinajstić information content (AvgIpc) is 2.03. The van der Waals surface area contributed by atoms with E-state index in [1.165, 1.54) is 6.08 Å². The van der Waals surface area contributed by atoms with Crippen LogP contribution in [0.3, 0.4) is 0 Å². The van der Waals surface area contributed by atoms with Crippen molar-refractivity contribution in [2.24, 2.45) is 4.99 Å². The van der Waals surface area contributed by atoms with E-state index in [1.807, 2.05) is 6.08 Å². The molecule has 2 aliphatic rings. The van der Waals surface area contributed by atoms with Crippen molar-refractivity contribution in [3.63, 3.8) is 0 Å². The normalized spacial score (nSPS) is 21.7. The molecule has 0 fully saturated rings. The summed E-state index contributed by atoms with van der Waals surface area (Å²) < 4.78 is 0. The van der Waals surface area contributed by atoms with Crippen LogP contribution in [0.2, 0.25) is 0 Å². The first kappa shape index (κ1) is 7.16. The molecular formula is C9H7NO2. The Morgan fingerprint density at radius 3 is 2.92 bits per heavy atom. The molecule has 60 valence electrons. The van der Waals surface area contributed by atoms with E-state index in [1.54, 1.807) is 6.08 Å².